The Morgan fingerprint density at radius 1 is 0.722 bits per heavy atom. The topological polar surface area (TPSA) is 56.5 Å². The first kappa shape index (κ1) is 24.3. The molecular formula is C32H24O4. The number of ether oxygens (including phenoxy) is 1. The highest BCUT2D eigenvalue weighted by molar-refractivity contribution is 5.92. The number of aryl methyl sites for hydroxylation is 1. The first-order chi connectivity index (χ1) is 17.6. The summed E-state index contributed by atoms with van der Waals surface area (Å²) in [6.07, 6.45) is 0. The van der Waals surface area contributed by atoms with E-state index >= 15 is 0 Å². The van der Waals surface area contributed by atoms with Crippen LogP contribution in [0.3, 0.4) is 0 Å². The predicted octanol–water partition coefficient (Wildman–Crippen LogP) is 6.64. The van der Waals surface area contributed by atoms with Gasteiger partial charge in [-0.25, -0.2) is 9.59 Å². The number of esters is 1. The van der Waals surface area contributed by atoms with Crippen LogP contribution in [0.5, 0.6) is 0 Å². The molecule has 4 aromatic carbocycles. The van der Waals surface area contributed by atoms with Crippen LogP contribution in [0, 0.1) is 18.8 Å². The quantitative estimate of drug-likeness (QED) is 0.213. The van der Waals surface area contributed by atoms with Gasteiger partial charge < -0.3 is 9.15 Å². The lowest BCUT2D eigenvalue weighted by Crippen LogP contribution is -2.03. The number of carbonyl (C=O) groups excluding carboxylic acids is 1. The fourth-order valence-corrected chi connectivity index (χ4v) is 3.74. The van der Waals surface area contributed by atoms with Gasteiger partial charge in [0.2, 0.25) is 0 Å². The molecule has 4 nitrogen and oxygen atoms in total. The van der Waals surface area contributed by atoms with Gasteiger partial charge in [0.1, 0.15) is 5.76 Å². The lowest BCUT2D eigenvalue weighted by atomic mass is 10.0. The Hall–Kier alpha value is -4.88. The average Bonchev–Trinajstić information content (AvgIpc) is 2.95. The molecule has 36 heavy (non-hydrogen) atoms. The molecule has 0 radical (unpaired) electrons. The normalized spacial score (nSPS) is 9.94. The van der Waals surface area contributed by atoms with E-state index in [1.54, 1.807) is 18.2 Å². The second kappa shape index (κ2) is 11.5. The molecule has 0 spiro atoms. The SMILES string of the molecule is COC(=O)c1ccccc1C#Cc1ccccc1.Cc1c(-c2ccccc2)oc(=O)c2ccccc12. The van der Waals surface area contributed by atoms with Gasteiger partial charge in [-0.3, -0.25) is 0 Å². The minimum atomic E-state index is -0.368. The Labute approximate surface area is 209 Å². The lowest BCUT2D eigenvalue weighted by molar-refractivity contribution is 0.0600. The highest BCUT2D eigenvalue weighted by atomic mass is 16.5. The largest absolute Gasteiger partial charge is 0.465 e. The van der Waals surface area contributed by atoms with E-state index in [2.05, 4.69) is 11.8 Å². The van der Waals surface area contributed by atoms with Crippen LogP contribution in [0.2, 0.25) is 0 Å². The molecule has 0 atom stereocenters. The minimum Gasteiger partial charge on any atom is -0.465 e. The Balaban J connectivity index is 0.000000169. The van der Waals surface area contributed by atoms with Crippen LogP contribution in [-0.2, 0) is 4.74 Å². The van der Waals surface area contributed by atoms with E-state index in [1.165, 1.54) is 7.11 Å². The van der Waals surface area contributed by atoms with Crippen molar-refractivity contribution in [3.63, 3.8) is 0 Å². The molecular weight excluding hydrogens is 448 g/mol. The summed E-state index contributed by atoms with van der Waals surface area (Å²) < 4.78 is 10.2. The van der Waals surface area contributed by atoms with E-state index in [-0.39, 0.29) is 11.6 Å². The summed E-state index contributed by atoms with van der Waals surface area (Å²) in [7, 11) is 1.36. The summed E-state index contributed by atoms with van der Waals surface area (Å²) in [4.78, 5) is 23.5. The van der Waals surface area contributed by atoms with Crippen LogP contribution in [-0.4, -0.2) is 13.1 Å². The molecule has 0 bridgehead atoms. The molecule has 0 saturated heterocycles. The molecule has 0 saturated carbocycles. The van der Waals surface area contributed by atoms with Gasteiger partial charge >= 0.3 is 11.6 Å². The van der Waals surface area contributed by atoms with Gasteiger partial charge in [-0.2, -0.15) is 0 Å². The van der Waals surface area contributed by atoms with Gasteiger partial charge in [0.15, 0.2) is 0 Å². The van der Waals surface area contributed by atoms with Gasteiger partial charge in [-0.05, 0) is 42.6 Å². The van der Waals surface area contributed by atoms with Crippen molar-refractivity contribution in [3.05, 3.63) is 142 Å². The zero-order valence-electron chi connectivity index (χ0n) is 20.0. The number of fused-ring (bicyclic) bond motifs is 1. The number of benzene rings is 4. The molecule has 1 heterocycles. The van der Waals surface area contributed by atoms with Crippen LogP contribution < -0.4 is 5.63 Å². The molecule has 4 heteroatoms. The summed E-state index contributed by atoms with van der Waals surface area (Å²) in [5.41, 5.74) is 3.72. The van der Waals surface area contributed by atoms with Crippen molar-refractivity contribution in [3.8, 4) is 23.2 Å². The lowest BCUT2D eigenvalue weighted by Gasteiger charge is -2.07. The molecule has 1 aromatic heterocycles. The minimum absolute atomic E-state index is 0.282. The highest BCUT2D eigenvalue weighted by Crippen LogP contribution is 2.27. The summed E-state index contributed by atoms with van der Waals surface area (Å²) in [6.45, 7) is 1.98. The third-order valence-electron chi connectivity index (χ3n) is 5.57. The van der Waals surface area contributed by atoms with Crippen molar-refractivity contribution < 1.29 is 13.9 Å². The fourth-order valence-electron chi connectivity index (χ4n) is 3.74. The second-order valence-corrected chi connectivity index (χ2v) is 7.91. The Morgan fingerprint density at radius 3 is 2.00 bits per heavy atom. The van der Waals surface area contributed by atoms with Gasteiger partial charge in [0.25, 0.3) is 0 Å². The summed E-state index contributed by atoms with van der Waals surface area (Å²) in [5, 5.41) is 1.59. The Morgan fingerprint density at radius 2 is 1.31 bits per heavy atom. The molecule has 0 amide bonds. The van der Waals surface area contributed by atoms with Crippen molar-refractivity contribution in [2.45, 2.75) is 6.92 Å². The van der Waals surface area contributed by atoms with E-state index in [9.17, 15) is 9.59 Å². The first-order valence-corrected chi connectivity index (χ1v) is 11.4. The van der Waals surface area contributed by atoms with Crippen molar-refractivity contribution in [1.29, 1.82) is 0 Å². The van der Waals surface area contributed by atoms with Crippen LogP contribution in [0.25, 0.3) is 22.1 Å². The second-order valence-electron chi connectivity index (χ2n) is 7.91. The van der Waals surface area contributed by atoms with Gasteiger partial charge in [-0.1, -0.05) is 90.7 Å². The number of hydrogen-bond acceptors (Lipinski definition) is 4. The highest BCUT2D eigenvalue weighted by Gasteiger charge is 2.11. The summed E-state index contributed by atoms with van der Waals surface area (Å²) >= 11 is 0. The molecule has 5 rings (SSSR count). The number of carbonyl (C=O) groups is 1. The van der Waals surface area contributed by atoms with E-state index < -0.39 is 0 Å². The van der Waals surface area contributed by atoms with Crippen LogP contribution >= 0.6 is 0 Å². The third kappa shape index (κ3) is 5.60. The molecule has 5 aromatic rings. The molecule has 0 aliphatic heterocycles. The van der Waals surface area contributed by atoms with Crippen LogP contribution in [0.1, 0.15) is 27.0 Å². The van der Waals surface area contributed by atoms with Crippen molar-refractivity contribution >= 4 is 16.7 Å². The zero-order chi connectivity index (χ0) is 25.3. The van der Waals surface area contributed by atoms with Gasteiger partial charge in [0, 0.05) is 22.3 Å². The van der Waals surface area contributed by atoms with Crippen molar-refractivity contribution in [2.75, 3.05) is 7.11 Å². The predicted molar refractivity (Wildman–Crippen MR) is 143 cm³/mol. The van der Waals surface area contributed by atoms with E-state index in [4.69, 9.17) is 9.15 Å². The number of hydrogen-bond donors (Lipinski definition) is 0. The van der Waals surface area contributed by atoms with E-state index in [1.807, 2.05) is 97.9 Å². The molecule has 176 valence electrons. The number of methoxy groups -OCH3 is 1. The van der Waals surface area contributed by atoms with Crippen LogP contribution in [0.15, 0.2) is 118 Å². The van der Waals surface area contributed by atoms with Crippen LogP contribution in [0.4, 0.5) is 0 Å². The maximum atomic E-state index is 12.0. The average molecular weight is 473 g/mol. The van der Waals surface area contributed by atoms with E-state index in [0.29, 0.717) is 22.3 Å². The van der Waals surface area contributed by atoms with Crippen molar-refractivity contribution in [2.24, 2.45) is 0 Å². The Kier molecular flexibility index (Phi) is 7.75. The first-order valence-electron chi connectivity index (χ1n) is 11.4. The fraction of sp³-hybridized carbons (Fsp3) is 0.0625. The van der Waals surface area contributed by atoms with Gasteiger partial charge in [-0.15, -0.1) is 0 Å². The maximum Gasteiger partial charge on any atom is 0.344 e. The monoisotopic (exact) mass is 472 g/mol. The third-order valence-corrected chi connectivity index (χ3v) is 5.57. The molecule has 0 unspecified atom stereocenters. The zero-order valence-corrected chi connectivity index (χ0v) is 20.0. The van der Waals surface area contributed by atoms with E-state index in [0.717, 1.165) is 22.1 Å². The summed E-state index contributed by atoms with van der Waals surface area (Å²) in [5.74, 6) is 6.30. The smallest absolute Gasteiger partial charge is 0.344 e. The maximum absolute atomic E-state index is 12.0. The number of rotatable bonds is 2. The molecule has 0 aliphatic carbocycles. The molecule has 0 N–H and O–H groups in total. The molecule has 0 aliphatic rings. The van der Waals surface area contributed by atoms with Gasteiger partial charge in [0.05, 0.1) is 18.1 Å². The van der Waals surface area contributed by atoms with Crippen molar-refractivity contribution in [1.82, 2.24) is 0 Å². The Bertz CT molecular complexity index is 1610. The molecule has 0 fully saturated rings. The standard InChI is InChI=1S/2C16H12O2/c1-11-13-9-5-6-10-14(13)16(17)18-15(11)12-7-3-2-4-8-12;1-18-16(17)15-10-6-5-9-14(15)12-11-13-7-3-2-4-8-13/h2*2-10H,1H3. The summed E-state index contributed by atoms with van der Waals surface area (Å²) in [6, 6.07) is 34.0.